The van der Waals surface area contributed by atoms with Gasteiger partial charge in [-0.3, -0.25) is 15.1 Å². The summed E-state index contributed by atoms with van der Waals surface area (Å²) >= 11 is 1.87. The third-order valence-electron chi connectivity index (χ3n) is 6.64. The molecule has 10 heteroatoms. The van der Waals surface area contributed by atoms with Crippen molar-refractivity contribution in [2.45, 2.75) is 68.8 Å². The highest BCUT2D eigenvalue weighted by molar-refractivity contribution is 8.00. The van der Waals surface area contributed by atoms with Gasteiger partial charge in [-0.1, -0.05) is 0 Å². The first kappa shape index (κ1) is 26.2. The van der Waals surface area contributed by atoms with E-state index < -0.39 is 5.54 Å². The normalized spacial score (nSPS) is 17.1. The topological polar surface area (TPSA) is 105 Å². The Morgan fingerprint density at radius 3 is 2.75 bits per heavy atom. The van der Waals surface area contributed by atoms with Crippen LogP contribution in [-0.2, 0) is 16.1 Å². The number of benzene rings is 1. The smallest absolute Gasteiger partial charge is 0.325 e. The van der Waals surface area contributed by atoms with Gasteiger partial charge in [0.2, 0.25) is 0 Å². The number of methoxy groups -OCH3 is 1. The Morgan fingerprint density at radius 1 is 1.33 bits per heavy atom. The van der Waals surface area contributed by atoms with Crippen molar-refractivity contribution < 1.29 is 14.3 Å². The third kappa shape index (κ3) is 5.59. The summed E-state index contributed by atoms with van der Waals surface area (Å²) in [7, 11) is 1.45. The number of hydrogen-bond donors (Lipinski definition) is 2. The second-order valence-corrected chi connectivity index (χ2v) is 11.3. The largest absolute Gasteiger partial charge is 0.491 e. The SMILES string of the molecule is COC(=O)C(C)(C)N1CCC(Sc2ccc3c(c2)-c2nc(/C(=N/C=N)NC(C)C)cn2CCO3)CC1. The fourth-order valence-electron chi connectivity index (χ4n) is 4.67. The lowest BCUT2D eigenvalue weighted by Crippen LogP contribution is -2.53. The molecule has 0 radical (unpaired) electrons. The molecule has 2 N–H and O–H groups in total. The first-order chi connectivity index (χ1) is 17.2. The van der Waals surface area contributed by atoms with Gasteiger partial charge in [0.05, 0.1) is 19.2 Å². The van der Waals surface area contributed by atoms with E-state index in [1.54, 1.807) is 0 Å². The molecular formula is C26H36N6O3S. The average Bonchev–Trinajstić information content (AvgIpc) is 3.20. The summed E-state index contributed by atoms with van der Waals surface area (Å²) in [6, 6.07) is 6.50. The van der Waals surface area contributed by atoms with Crippen molar-refractivity contribution in [3.63, 3.8) is 0 Å². The van der Waals surface area contributed by atoms with Crippen LogP contribution in [0.3, 0.4) is 0 Å². The number of nitrogens with zero attached hydrogens (tertiary/aromatic N) is 4. The minimum absolute atomic E-state index is 0.174. The number of nitrogens with one attached hydrogen (secondary N) is 2. The van der Waals surface area contributed by atoms with Gasteiger partial charge in [-0.25, -0.2) is 9.98 Å². The average molecular weight is 513 g/mol. The Hall–Kier alpha value is -2.85. The summed E-state index contributed by atoms with van der Waals surface area (Å²) in [6.07, 6.45) is 5.02. The highest BCUT2D eigenvalue weighted by Crippen LogP contribution is 2.39. The molecule has 2 aliphatic rings. The molecule has 4 rings (SSSR count). The molecule has 0 atom stereocenters. The van der Waals surface area contributed by atoms with E-state index in [1.165, 1.54) is 12.0 Å². The molecule has 2 aliphatic heterocycles. The predicted octanol–water partition coefficient (Wildman–Crippen LogP) is 3.80. The number of amidine groups is 1. The van der Waals surface area contributed by atoms with Crippen molar-refractivity contribution in [1.29, 1.82) is 5.41 Å². The number of likely N-dealkylation sites (tertiary alicyclic amines) is 1. The lowest BCUT2D eigenvalue weighted by Gasteiger charge is -2.40. The number of fused-ring (bicyclic) bond motifs is 3. The van der Waals surface area contributed by atoms with Gasteiger partial charge in [-0.05, 0) is 58.7 Å². The van der Waals surface area contributed by atoms with Crippen molar-refractivity contribution in [3.8, 4) is 17.1 Å². The quantitative estimate of drug-likeness (QED) is 0.330. The monoisotopic (exact) mass is 512 g/mol. The second kappa shape index (κ2) is 11.0. The van der Waals surface area contributed by atoms with Gasteiger partial charge < -0.3 is 19.4 Å². The lowest BCUT2D eigenvalue weighted by molar-refractivity contribution is -0.153. The first-order valence-electron chi connectivity index (χ1n) is 12.4. The lowest BCUT2D eigenvalue weighted by atomic mass is 9.98. The van der Waals surface area contributed by atoms with E-state index in [0.29, 0.717) is 29.9 Å². The zero-order valence-electron chi connectivity index (χ0n) is 21.7. The Labute approximate surface area is 217 Å². The van der Waals surface area contributed by atoms with Crippen molar-refractivity contribution in [3.05, 3.63) is 30.1 Å². The van der Waals surface area contributed by atoms with Crippen LogP contribution in [0.2, 0.25) is 0 Å². The van der Waals surface area contributed by atoms with E-state index in [0.717, 1.165) is 49.4 Å². The van der Waals surface area contributed by atoms with E-state index in [1.807, 2.05) is 51.7 Å². The number of aliphatic imine (C=N–C) groups is 1. The molecule has 36 heavy (non-hydrogen) atoms. The summed E-state index contributed by atoms with van der Waals surface area (Å²) in [5.41, 5.74) is 1.07. The van der Waals surface area contributed by atoms with Crippen LogP contribution in [0.4, 0.5) is 0 Å². The molecule has 1 fully saturated rings. The maximum atomic E-state index is 12.2. The van der Waals surface area contributed by atoms with Gasteiger partial charge in [-0.2, -0.15) is 0 Å². The van der Waals surface area contributed by atoms with Crippen LogP contribution < -0.4 is 10.1 Å². The van der Waals surface area contributed by atoms with E-state index in [4.69, 9.17) is 19.9 Å². The number of carbonyl (C=O) groups is 1. The number of piperidine rings is 1. The van der Waals surface area contributed by atoms with Crippen LogP contribution in [-0.4, -0.2) is 76.2 Å². The minimum atomic E-state index is -0.606. The van der Waals surface area contributed by atoms with Crippen LogP contribution in [0.15, 0.2) is 34.3 Å². The molecular weight excluding hydrogens is 476 g/mol. The Bertz CT molecular complexity index is 1130. The molecule has 3 heterocycles. The highest BCUT2D eigenvalue weighted by Gasteiger charge is 2.37. The van der Waals surface area contributed by atoms with Gasteiger partial charge in [0.15, 0.2) is 5.84 Å². The maximum Gasteiger partial charge on any atom is 0.325 e. The number of esters is 1. The molecule has 194 valence electrons. The van der Waals surface area contributed by atoms with Crippen LogP contribution in [0.25, 0.3) is 11.4 Å². The van der Waals surface area contributed by atoms with Gasteiger partial charge in [-0.15, -0.1) is 11.8 Å². The zero-order chi connectivity index (χ0) is 25.9. The van der Waals surface area contributed by atoms with Gasteiger partial charge in [0, 0.05) is 35.5 Å². The number of carbonyl (C=O) groups excluding carboxylic acids is 1. The molecule has 0 saturated carbocycles. The van der Waals surface area contributed by atoms with Crippen LogP contribution in [0.5, 0.6) is 5.75 Å². The number of hydrogen-bond acceptors (Lipinski definition) is 7. The fraction of sp³-hybridized carbons (Fsp3) is 0.538. The molecule has 0 unspecified atom stereocenters. The summed E-state index contributed by atoms with van der Waals surface area (Å²) in [5.74, 6) is 2.08. The molecule has 1 aromatic heterocycles. The minimum Gasteiger partial charge on any atom is -0.491 e. The summed E-state index contributed by atoms with van der Waals surface area (Å²) in [4.78, 5) is 24.7. The van der Waals surface area contributed by atoms with Gasteiger partial charge in [0.25, 0.3) is 0 Å². The standard InChI is InChI=1S/C26H36N6O3S/c1-17(2)29-23(28-16-27)21-15-31-12-13-35-22-7-6-19(14-20(22)24(31)30-21)36-18-8-10-32(11-9-18)26(3,4)25(33)34-5/h6-7,14-18H,8-13H2,1-5H3,(H2,27,28,29). The van der Waals surface area contributed by atoms with Crippen molar-refractivity contribution >= 4 is 29.9 Å². The van der Waals surface area contributed by atoms with Crippen LogP contribution >= 0.6 is 11.8 Å². The maximum absolute atomic E-state index is 12.2. The summed E-state index contributed by atoms with van der Waals surface area (Å²) < 4.78 is 13.1. The van der Waals surface area contributed by atoms with E-state index in [2.05, 4.69) is 31.9 Å². The van der Waals surface area contributed by atoms with Crippen molar-refractivity contribution in [2.75, 3.05) is 26.8 Å². The Morgan fingerprint density at radius 2 is 2.08 bits per heavy atom. The number of thioether (sulfide) groups is 1. The summed E-state index contributed by atoms with van der Waals surface area (Å²) in [5, 5.41) is 11.2. The van der Waals surface area contributed by atoms with E-state index in [-0.39, 0.29) is 12.0 Å². The molecule has 0 amide bonds. The Kier molecular flexibility index (Phi) is 8.04. The van der Waals surface area contributed by atoms with Crippen LogP contribution in [0.1, 0.15) is 46.2 Å². The molecule has 9 nitrogen and oxygen atoms in total. The van der Waals surface area contributed by atoms with Crippen molar-refractivity contribution in [1.82, 2.24) is 19.8 Å². The summed E-state index contributed by atoms with van der Waals surface area (Å²) in [6.45, 7) is 10.9. The third-order valence-corrected chi connectivity index (χ3v) is 7.97. The highest BCUT2D eigenvalue weighted by atomic mass is 32.2. The van der Waals surface area contributed by atoms with Crippen molar-refractivity contribution in [2.24, 2.45) is 4.99 Å². The molecule has 2 aromatic rings. The molecule has 1 aromatic carbocycles. The van der Waals surface area contributed by atoms with Gasteiger partial charge >= 0.3 is 5.97 Å². The molecule has 0 spiro atoms. The van der Waals surface area contributed by atoms with E-state index >= 15 is 0 Å². The van der Waals surface area contributed by atoms with Gasteiger partial charge in [0.1, 0.15) is 35.8 Å². The zero-order valence-corrected chi connectivity index (χ0v) is 22.5. The molecule has 0 aliphatic carbocycles. The number of ether oxygens (including phenoxy) is 2. The second-order valence-electron chi connectivity index (χ2n) is 9.91. The Balaban J connectivity index is 1.52. The predicted molar refractivity (Wildman–Crippen MR) is 143 cm³/mol. The first-order valence-corrected chi connectivity index (χ1v) is 13.3. The number of aromatic nitrogens is 2. The van der Waals surface area contributed by atoms with Crippen LogP contribution in [0, 0.1) is 5.41 Å². The number of rotatable bonds is 7. The van der Waals surface area contributed by atoms with E-state index in [9.17, 15) is 4.79 Å². The molecule has 0 bridgehead atoms. The number of imidazole rings is 1. The molecule has 1 saturated heterocycles. The fourth-order valence-corrected chi connectivity index (χ4v) is 5.84.